The third kappa shape index (κ3) is 3.28. The van der Waals surface area contributed by atoms with E-state index in [1.807, 2.05) is 13.0 Å². The van der Waals surface area contributed by atoms with E-state index in [0.717, 1.165) is 11.3 Å². The van der Waals surface area contributed by atoms with Crippen molar-refractivity contribution in [3.8, 4) is 5.75 Å². The van der Waals surface area contributed by atoms with Gasteiger partial charge >= 0.3 is 5.97 Å². The molecule has 0 saturated heterocycles. The second-order valence-corrected chi connectivity index (χ2v) is 4.98. The summed E-state index contributed by atoms with van der Waals surface area (Å²) in [6.45, 7) is 2.24. The number of phenolic OH excluding ortho intramolecular Hbond substituents is 1. The number of benzene rings is 2. The number of rotatable bonds is 4. The van der Waals surface area contributed by atoms with Crippen molar-refractivity contribution < 1.29 is 14.6 Å². The molecule has 0 aromatic heterocycles. The molecule has 0 unspecified atom stereocenters. The summed E-state index contributed by atoms with van der Waals surface area (Å²) in [4.78, 5) is 11.7. The van der Waals surface area contributed by atoms with Gasteiger partial charge in [-0.2, -0.15) is 0 Å². The maximum absolute atomic E-state index is 11.7. The molecule has 0 heterocycles. The van der Waals surface area contributed by atoms with Gasteiger partial charge in [0.25, 0.3) is 0 Å². The molecule has 0 spiro atoms. The van der Waals surface area contributed by atoms with Gasteiger partial charge in [-0.15, -0.1) is 0 Å². The van der Waals surface area contributed by atoms with Crippen LogP contribution in [0.15, 0.2) is 36.4 Å². The van der Waals surface area contributed by atoms with Crippen LogP contribution in [-0.2, 0) is 11.3 Å². The highest BCUT2D eigenvalue weighted by molar-refractivity contribution is 6.32. The fourth-order valence-electron chi connectivity index (χ4n) is 2.05. The van der Waals surface area contributed by atoms with E-state index in [0.29, 0.717) is 22.7 Å². The van der Waals surface area contributed by atoms with Gasteiger partial charge in [0.15, 0.2) is 0 Å². The van der Waals surface area contributed by atoms with E-state index >= 15 is 0 Å². The SMILES string of the molecule is COC(=O)c1cccc(NCc2cccc(Cl)c2O)c1C. The monoisotopic (exact) mass is 305 g/mol. The number of ether oxygens (including phenoxy) is 1. The molecule has 2 N–H and O–H groups in total. The van der Waals surface area contributed by atoms with Crippen LogP contribution in [0.5, 0.6) is 5.75 Å². The number of hydrogen-bond acceptors (Lipinski definition) is 4. The summed E-state index contributed by atoms with van der Waals surface area (Å²) < 4.78 is 4.75. The molecule has 5 heteroatoms. The van der Waals surface area contributed by atoms with E-state index in [1.165, 1.54) is 7.11 Å². The van der Waals surface area contributed by atoms with Crippen molar-refractivity contribution in [3.05, 3.63) is 58.1 Å². The van der Waals surface area contributed by atoms with E-state index < -0.39 is 0 Å². The molecule has 0 amide bonds. The van der Waals surface area contributed by atoms with Crippen molar-refractivity contribution in [2.24, 2.45) is 0 Å². The van der Waals surface area contributed by atoms with Crippen molar-refractivity contribution in [3.63, 3.8) is 0 Å². The van der Waals surface area contributed by atoms with Gasteiger partial charge in [0, 0.05) is 17.8 Å². The third-order valence-electron chi connectivity index (χ3n) is 3.28. The molecule has 110 valence electrons. The number of carbonyl (C=O) groups excluding carboxylic acids is 1. The minimum absolute atomic E-state index is 0.0634. The van der Waals surface area contributed by atoms with Gasteiger partial charge in [-0.1, -0.05) is 29.8 Å². The third-order valence-corrected chi connectivity index (χ3v) is 3.58. The number of methoxy groups -OCH3 is 1. The van der Waals surface area contributed by atoms with Crippen molar-refractivity contribution in [2.75, 3.05) is 12.4 Å². The van der Waals surface area contributed by atoms with E-state index in [1.54, 1.807) is 30.3 Å². The molecule has 2 rings (SSSR count). The van der Waals surface area contributed by atoms with Gasteiger partial charge in [-0.25, -0.2) is 4.79 Å². The lowest BCUT2D eigenvalue weighted by atomic mass is 10.1. The smallest absolute Gasteiger partial charge is 0.338 e. The van der Waals surface area contributed by atoms with Crippen LogP contribution in [0, 0.1) is 6.92 Å². The lowest BCUT2D eigenvalue weighted by Crippen LogP contribution is -2.07. The zero-order chi connectivity index (χ0) is 15.4. The number of carbonyl (C=O) groups is 1. The molecular weight excluding hydrogens is 290 g/mol. The Morgan fingerprint density at radius 2 is 2.00 bits per heavy atom. The lowest BCUT2D eigenvalue weighted by Gasteiger charge is -2.13. The van der Waals surface area contributed by atoms with Crippen LogP contribution in [0.3, 0.4) is 0 Å². The fraction of sp³-hybridized carbons (Fsp3) is 0.188. The second-order valence-electron chi connectivity index (χ2n) is 4.57. The van der Waals surface area contributed by atoms with Crippen LogP contribution < -0.4 is 5.32 Å². The average Bonchev–Trinajstić information content (AvgIpc) is 2.49. The Hall–Kier alpha value is -2.20. The molecule has 0 saturated carbocycles. The maximum Gasteiger partial charge on any atom is 0.338 e. The predicted octanol–water partition coefficient (Wildman–Crippen LogP) is 3.75. The number of anilines is 1. The molecule has 0 bridgehead atoms. The summed E-state index contributed by atoms with van der Waals surface area (Å²) in [6, 6.07) is 10.5. The summed E-state index contributed by atoms with van der Waals surface area (Å²) >= 11 is 5.87. The highest BCUT2D eigenvalue weighted by atomic mass is 35.5. The Kier molecular flexibility index (Phi) is 4.70. The molecule has 0 aliphatic rings. The van der Waals surface area contributed by atoms with Gasteiger partial charge in [0.2, 0.25) is 0 Å². The van der Waals surface area contributed by atoms with E-state index in [-0.39, 0.29) is 11.7 Å². The minimum Gasteiger partial charge on any atom is -0.506 e. The first kappa shape index (κ1) is 15.2. The topological polar surface area (TPSA) is 58.6 Å². The summed E-state index contributed by atoms with van der Waals surface area (Å²) in [6.07, 6.45) is 0. The highest BCUT2D eigenvalue weighted by Gasteiger charge is 2.12. The van der Waals surface area contributed by atoms with Crippen LogP contribution in [0.25, 0.3) is 0 Å². The molecule has 4 nitrogen and oxygen atoms in total. The molecule has 0 radical (unpaired) electrons. The van der Waals surface area contributed by atoms with Crippen molar-refractivity contribution >= 4 is 23.3 Å². The zero-order valence-corrected chi connectivity index (χ0v) is 12.6. The van der Waals surface area contributed by atoms with Crippen LogP contribution in [-0.4, -0.2) is 18.2 Å². The zero-order valence-electron chi connectivity index (χ0n) is 11.8. The first-order chi connectivity index (χ1) is 10.0. The molecular formula is C16H16ClNO3. The second kappa shape index (κ2) is 6.50. The van der Waals surface area contributed by atoms with Crippen molar-refractivity contribution in [2.45, 2.75) is 13.5 Å². The van der Waals surface area contributed by atoms with Gasteiger partial charge in [-0.3, -0.25) is 0 Å². The molecule has 0 aliphatic carbocycles. The van der Waals surface area contributed by atoms with Gasteiger partial charge < -0.3 is 15.2 Å². The standard InChI is InChI=1S/C16H16ClNO3/c1-10-12(16(20)21-2)6-4-8-14(10)18-9-11-5-3-7-13(17)15(11)19/h3-8,18-19H,9H2,1-2H3. The number of hydrogen-bond donors (Lipinski definition) is 2. The Labute approximate surface area is 128 Å². The molecule has 0 fully saturated rings. The van der Waals surface area contributed by atoms with Crippen molar-refractivity contribution in [1.29, 1.82) is 0 Å². The molecule has 0 aliphatic heterocycles. The quantitative estimate of drug-likeness (QED) is 0.845. The summed E-state index contributed by atoms with van der Waals surface area (Å²) in [5.41, 5.74) is 2.80. The Bertz CT molecular complexity index is 671. The summed E-state index contributed by atoms with van der Waals surface area (Å²) in [5.74, 6) is -0.310. The Balaban J connectivity index is 2.21. The number of phenols is 1. The van der Waals surface area contributed by atoms with Crippen LogP contribution >= 0.6 is 11.6 Å². The number of esters is 1. The highest BCUT2D eigenvalue weighted by Crippen LogP contribution is 2.28. The largest absolute Gasteiger partial charge is 0.506 e. The van der Waals surface area contributed by atoms with Gasteiger partial charge in [0.1, 0.15) is 5.75 Å². The number of aromatic hydroxyl groups is 1. The fourth-order valence-corrected chi connectivity index (χ4v) is 2.25. The van der Waals surface area contributed by atoms with Crippen LogP contribution in [0.1, 0.15) is 21.5 Å². The molecule has 21 heavy (non-hydrogen) atoms. The summed E-state index contributed by atoms with van der Waals surface area (Å²) in [7, 11) is 1.35. The number of nitrogens with one attached hydrogen (secondary N) is 1. The maximum atomic E-state index is 11.7. The van der Waals surface area contributed by atoms with E-state index in [4.69, 9.17) is 16.3 Å². The molecule has 2 aromatic carbocycles. The van der Waals surface area contributed by atoms with Gasteiger partial charge in [-0.05, 0) is 30.7 Å². The van der Waals surface area contributed by atoms with Gasteiger partial charge in [0.05, 0.1) is 17.7 Å². The van der Waals surface area contributed by atoms with Crippen LogP contribution in [0.2, 0.25) is 5.02 Å². The molecule has 0 atom stereocenters. The average molecular weight is 306 g/mol. The predicted molar refractivity (Wildman–Crippen MR) is 83.0 cm³/mol. The normalized spacial score (nSPS) is 10.2. The summed E-state index contributed by atoms with van der Waals surface area (Å²) in [5, 5.41) is 13.4. The Morgan fingerprint density at radius 3 is 2.71 bits per heavy atom. The van der Waals surface area contributed by atoms with Crippen molar-refractivity contribution in [1.82, 2.24) is 0 Å². The lowest BCUT2D eigenvalue weighted by molar-refractivity contribution is 0.0600. The first-order valence-electron chi connectivity index (χ1n) is 6.42. The van der Waals surface area contributed by atoms with E-state index in [2.05, 4.69) is 5.32 Å². The number of para-hydroxylation sites is 1. The van der Waals surface area contributed by atoms with E-state index in [9.17, 15) is 9.90 Å². The van der Waals surface area contributed by atoms with Crippen LogP contribution in [0.4, 0.5) is 5.69 Å². The minimum atomic E-state index is -0.373. The first-order valence-corrected chi connectivity index (χ1v) is 6.80. The Morgan fingerprint density at radius 1 is 1.29 bits per heavy atom. The molecule has 2 aromatic rings. The number of halogens is 1.